The van der Waals surface area contributed by atoms with E-state index in [0.29, 0.717) is 41.1 Å². The van der Waals surface area contributed by atoms with Gasteiger partial charge in [-0.25, -0.2) is 8.78 Å². The second-order valence-corrected chi connectivity index (χ2v) is 9.06. The summed E-state index contributed by atoms with van der Waals surface area (Å²) in [7, 11) is 0. The predicted octanol–water partition coefficient (Wildman–Crippen LogP) is 5.42. The average molecular weight is 422 g/mol. The Morgan fingerprint density at radius 3 is 2.19 bits per heavy atom. The molecule has 2 atom stereocenters. The van der Waals surface area contributed by atoms with E-state index in [4.69, 9.17) is 0 Å². The number of halogens is 2. The van der Waals surface area contributed by atoms with E-state index in [0.717, 1.165) is 0 Å². The van der Waals surface area contributed by atoms with Gasteiger partial charge in [-0.05, 0) is 60.7 Å². The molecule has 0 fully saturated rings. The minimum Gasteiger partial charge on any atom is -0.325 e. The molecule has 2 aromatic rings. The molecule has 0 radical (unpaired) electrons. The van der Waals surface area contributed by atoms with Crippen molar-refractivity contribution >= 4 is 23.1 Å². The molecule has 2 aromatic carbocycles. The van der Waals surface area contributed by atoms with E-state index in [1.165, 1.54) is 36.4 Å². The van der Waals surface area contributed by atoms with Crippen LogP contribution in [0, 0.1) is 23.0 Å². The number of rotatable bonds is 3. The van der Waals surface area contributed by atoms with Gasteiger partial charge < -0.3 is 5.32 Å². The van der Waals surface area contributed by atoms with Crippen LogP contribution in [0.2, 0.25) is 0 Å². The maximum Gasteiger partial charge on any atom is 0.234 e. The van der Waals surface area contributed by atoms with Gasteiger partial charge in [0.2, 0.25) is 5.91 Å². The van der Waals surface area contributed by atoms with Gasteiger partial charge in [0.25, 0.3) is 0 Å². The fourth-order valence-corrected chi connectivity index (χ4v) is 4.57. The summed E-state index contributed by atoms with van der Waals surface area (Å²) in [6, 6.07) is 11.4. The lowest BCUT2D eigenvalue weighted by Crippen LogP contribution is -2.41. The minimum absolute atomic E-state index is 0.0311. The number of hydrogen-bond donors (Lipinski definition) is 1. The summed E-state index contributed by atoms with van der Waals surface area (Å²) in [6.07, 6.45) is 1.000. The van der Waals surface area contributed by atoms with Gasteiger partial charge in [-0.1, -0.05) is 26.0 Å². The highest BCUT2D eigenvalue weighted by Gasteiger charge is 2.45. The number of benzene rings is 2. The van der Waals surface area contributed by atoms with Gasteiger partial charge in [0.1, 0.15) is 11.6 Å². The first-order valence-electron chi connectivity index (χ1n) is 10.3. The molecule has 31 heavy (non-hydrogen) atoms. The van der Waals surface area contributed by atoms with Gasteiger partial charge in [-0.2, -0.15) is 0 Å². The molecule has 0 aromatic heterocycles. The molecule has 1 heterocycles. The molecule has 1 aliphatic heterocycles. The number of hydrogen-bond acceptors (Lipinski definition) is 3. The Balaban J connectivity index is 1.78. The first kappa shape index (κ1) is 21.1. The molecule has 0 saturated heterocycles. The number of allylic oxidation sites excluding steroid dienone is 2. The lowest BCUT2D eigenvalue weighted by atomic mass is 9.66. The SMILES string of the molecule is CC1=NC2=C(C(=O)CC(C)(C)C2)[C@@H](c2ccc(F)cc2)C1C(=O)Nc1ccc(F)cc1. The van der Waals surface area contributed by atoms with Crippen LogP contribution >= 0.6 is 0 Å². The van der Waals surface area contributed by atoms with Gasteiger partial charge in [0.05, 0.1) is 5.92 Å². The second kappa shape index (κ2) is 7.84. The number of nitrogens with one attached hydrogen (secondary N) is 1. The zero-order valence-corrected chi connectivity index (χ0v) is 17.7. The van der Waals surface area contributed by atoms with Crippen LogP contribution in [0.5, 0.6) is 0 Å². The smallest absolute Gasteiger partial charge is 0.234 e. The fraction of sp³-hybridized carbons (Fsp3) is 0.320. The van der Waals surface area contributed by atoms with Crippen LogP contribution in [0.25, 0.3) is 0 Å². The largest absolute Gasteiger partial charge is 0.325 e. The van der Waals surface area contributed by atoms with E-state index in [-0.39, 0.29) is 22.9 Å². The summed E-state index contributed by atoms with van der Waals surface area (Å²) >= 11 is 0. The number of aliphatic imine (C=N–C) groups is 1. The number of ketones is 1. The summed E-state index contributed by atoms with van der Waals surface area (Å²) < 4.78 is 26.8. The molecule has 1 aliphatic carbocycles. The number of carbonyl (C=O) groups is 2. The third kappa shape index (κ3) is 4.20. The van der Waals surface area contributed by atoms with Crippen LogP contribution in [0.3, 0.4) is 0 Å². The number of amides is 1. The summed E-state index contributed by atoms with van der Waals surface area (Å²) in [5.41, 5.74) is 2.77. The molecular weight excluding hydrogens is 398 g/mol. The average Bonchev–Trinajstić information content (AvgIpc) is 2.68. The van der Waals surface area contributed by atoms with E-state index in [1.54, 1.807) is 19.1 Å². The topological polar surface area (TPSA) is 58.5 Å². The summed E-state index contributed by atoms with van der Waals surface area (Å²) in [5.74, 6) is -2.45. The molecule has 0 bridgehead atoms. The number of nitrogens with zero attached hydrogens (tertiary/aromatic N) is 1. The van der Waals surface area contributed by atoms with E-state index in [9.17, 15) is 18.4 Å². The van der Waals surface area contributed by atoms with Gasteiger partial charge in [0.15, 0.2) is 5.78 Å². The predicted molar refractivity (Wildman–Crippen MR) is 116 cm³/mol. The highest BCUT2D eigenvalue weighted by molar-refractivity contribution is 6.13. The van der Waals surface area contributed by atoms with Crippen molar-refractivity contribution in [1.29, 1.82) is 0 Å². The Labute approximate surface area is 180 Å². The van der Waals surface area contributed by atoms with E-state index >= 15 is 0 Å². The molecular formula is C25H24F2N2O2. The van der Waals surface area contributed by atoms with E-state index in [2.05, 4.69) is 10.3 Å². The molecule has 0 saturated carbocycles. The Kier molecular flexibility index (Phi) is 5.33. The van der Waals surface area contributed by atoms with Crippen LogP contribution in [0.4, 0.5) is 14.5 Å². The molecule has 6 heteroatoms. The van der Waals surface area contributed by atoms with Crippen molar-refractivity contribution in [2.75, 3.05) is 5.32 Å². The third-order valence-corrected chi connectivity index (χ3v) is 5.93. The molecule has 1 unspecified atom stereocenters. The van der Waals surface area contributed by atoms with Crippen molar-refractivity contribution < 1.29 is 18.4 Å². The molecule has 2 aliphatic rings. The third-order valence-electron chi connectivity index (χ3n) is 5.93. The van der Waals surface area contributed by atoms with Crippen LogP contribution in [0.15, 0.2) is 64.8 Å². The Bertz CT molecular complexity index is 1100. The van der Waals surface area contributed by atoms with Gasteiger partial charge in [-0.3, -0.25) is 14.6 Å². The highest BCUT2D eigenvalue weighted by Crippen LogP contribution is 2.47. The number of Topliss-reactive ketones (excluding diaryl/α,β-unsaturated/α-hetero) is 1. The van der Waals surface area contributed by atoms with Crippen molar-refractivity contribution in [3.8, 4) is 0 Å². The van der Waals surface area contributed by atoms with Crippen molar-refractivity contribution in [1.82, 2.24) is 0 Å². The van der Waals surface area contributed by atoms with Crippen molar-refractivity contribution in [2.45, 2.75) is 39.5 Å². The fourth-order valence-electron chi connectivity index (χ4n) is 4.57. The Hall–Kier alpha value is -3.15. The van der Waals surface area contributed by atoms with Gasteiger partial charge >= 0.3 is 0 Å². The van der Waals surface area contributed by atoms with Gasteiger partial charge in [-0.15, -0.1) is 0 Å². The molecule has 1 amide bonds. The zero-order valence-electron chi connectivity index (χ0n) is 17.7. The summed E-state index contributed by atoms with van der Waals surface area (Å²) in [4.78, 5) is 31.2. The zero-order chi connectivity index (χ0) is 22.3. The van der Waals surface area contributed by atoms with Crippen molar-refractivity contribution in [2.24, 2.45) is 16.3 Å². The highest BCUT2D eigenvalue weighted by atomic mass is 19.1. The van der Waals surface area contributed by atoms with Crippen molar-refractivity contribution in [3.05, 3.63) is 77.0 Å². The van der Waals surface area contributed by atoms with Crippen LogP contribution in [-0.2, 0) is 9.59 Å². The van der Waals surface area contributed by atoms with Crippen LogP contribution < -0.4 is 5.32 Å². The van der Waals surface area contributed by atoms with Crippen LogP contribution in [-0.4, -0.2) is 17.4 Å². The quantitative estimate of drug-likeness (QED) is 0.718. The first-order valence-corrected chi connectivity index (χ1v) is 10.3. The van der Waals surface area contributed by atoms with Crippen molar-refractivity contribution in [3.63, 3.8) is 0 Å². The molecule has 0 spiro atoms. The normalized spacial score (nSPS) is 22.6. The summed E-state index contributed by atoms with van der Waals surface area (Å²) in [6.45, 7) is 5.83. The molecule has 4 rings (SSSR count). The van der Waals surface area contributed by atoms with Gasteiger partial charge in [0, 0.05) is 35.0 Å². The molecule has 1 N–H and O–H groups in total. The number of carbonyl (C=O) groups excluding carboxylic acids is 2. The van der Waals surface area contributed by atoms with E-state index in [1.807, 2.05) is 13.8 Å². The minimum atomic E-state index is -0.737. The maximum atomic E-state index is 13.6. The van der Waals surface area contributed by atoms with E-state index < -0.39 is 17.7 Å². The lowest BCUT2D eigenvalue weighted by Gasteiger charge is -2.39. The lowest BCUT2D eigenvalue weighted by molar-refractivity contribution is -0.119. The molecule has 4 nitrogen and oxygen atoms in total. The first-order chi connectivity index (χ1) is 14.6. The Morgan fingerprint density at radius 2 is 1.58 bits per heavy atom. The van der Waals surface area contributed by atoms with Crippen LogP contribution in [0.1, 0.15) is 45.1 Å². The Morgan fingerprint density at radius 1 is 1.00 bits per heavy atom. The summed E-state index contributed by atoms with van der Waals surface area (Å²) in [5, 5.41) is 2.81. The monoisotopic (exact) mass is 422 g/mol. The molecule has 160 valence electrons. The second-order valence-electron chi connectivity index (χ2n) is 9.06. The number of anilines is 1. The maximum absolute atomic E-state index is 13.6. The standard InChI is InChI=1S/C25H24F2N2O2/c1-14-21(24(31)29-18-10-8-17(27)9-11-18)22(15-4-6-16(26)7-5-15)23-19(28-14)12-25(2,3)13-20(23)30/h4-11,21-22H,12-13H2,1-3H3,(H,29,31)/t21?,22-/m0/s1.